The van der Waals surface area contributed by atoms with Gasteiger partial charge in [0.25, 0.3) is 5.91 Å². The van der Waals surface area contributed by atoms with Crippen molar-refractivity contribution >= 4 is 17.8 Å². The van der Waals surface area contributed by atoms with Crippen LogP contribution < -0.4 is 5.32 Å². The van der Waals surface area contributed by atoms with Gasteiger partial charge in [0.15, 0.2) is 0 Å². The van der Waals surface area contributed by atoms with Crippen molar-refractivity contribution < 1.29 is 14.3 Å². The molecule has 7 nitrogen and oxygen atoms in total. The summed E-state index contributed by atoms with van der Waals surface area (Å²) in [5.74, 6) is 0.0262. The highest BCUT2D eigenvalue weighted by molar-refractivity contribution is 5.94. The number of carbonyl (C=O) groups excluding carboxylic acids is 2. The van der Waals surface area contributed by atoms with Gasteiger partial charge in [-0.2, -0.15) is 0 Å². The number of H-pyrrole nitrogens is 1. The average molecular weight is 280 g/mol. The Balaban J connectivity index is 1.93. The normalized spacial score (nSPS) is 19.8. The number of nitrogens with zero attached hydrogens (tertiary/aromatic N) is 2. The summed E-state index contributed by atoms with van der Waals surface area (Å²) in [7, 11) is 1.53. The van der Waals surface area contributed by atoms with Gasteiger partial charge in [-0.3, -0.25) is 14.9 Å². The van der Waals surface area contributed by atoms with Crippen molar-refractivity contribution in [1.82, 2.24) is 14.9 Å². The van der Waals surface area contributed by atoms with E-state index in [1.54, 1.807) is 11.1 Å². The number of ether oxygens (including phenoxy) is 1. The first-order valence-electron chi connectivity index (χ1n) is 6.73. The number of hydrogen-bond donors (Lipinski definition) is 2. The lowest BCUT2D eigenvalue weighted by Gasteiger charge is -2.22. The number of aromatic amines is 1. The third-order valence-corrected chi connectivity index (χ3v) is 3.31. The second-order valence-corrected chi connectivity index (χ2v) is 4.94. The van der Waals surface area contributed by atoms with E-state index in [0.717, 1.165) is 18.5 Å². The molecule has 0 bridgehead atoms. The number of likely N-dealkylation sites (tertiary alicyclic amines) is 1. The molecule has 110 valence electrons. The second kappa shape index (κ2) is 6.51. The number of hydrogen-bond acceptors (Lipinski definition) is 4. The van der Waals surface area contributed by atoms with Crippen LogP contribution in [0.1, 0.15) is 25.0 Å². The van der Waals surface area contributed by atoms with Gasteiger partial charge in [-0.1, -0.05) is 0 Å². The van der Waals surface area contributed by atoms with Gasteiger partial charge in [-0.15, -0.1) is 0 Å². The zero-order chi connectivity index (χ0) is 14.5. The monoisotopic (exact) mass is 280 g/mol. The van der Waals surface area contributed by atoms with Crippen LogP contribution in [0.3, 0.4) is 0 Å². The smallest absolute Gasteiger partial charge is 0.252 e. The zero-order valence-corrected chi connectivity index (χ0v) is 11.8. The van der Waals surface area contributed by atoms with E-state index < -0.39 is 6.10 Å². The lowest BCUT2D eigenvalue weighted by atomic mass is 10.2. The maximum Gasteiger partial charge on any atom is 0.252 e. The first-order valence-corrected chi connectivity index (χ1v) is 6.73. The zero-order valence-electron chi connectivity index (χ0n) is 11.8. The molecule has 1 aliphatic heterocycles. The topological polar surface area (TPSA) is 87.3 Å². The van der Waals surface area contributed by atoms with E-state index in [2.05, 4.69) is 15.3 Å². The fourth-order valence-electron chi connectivity index (χ4n) is 2.27. The number of aromatic nitrogens is 2. The quantitative estimate of drug-likeness (QED) is 0.849. The molecule has 2 amide bonds. The Bertz CT molecular complexity index is 486. The number of imidazole rings is 1. The summed E-state index contributed by atoms with van der Waals surface area (Å²) in [5, 5.41) is 2.64. The molecule has 2 rings (SSSR count). The van der Waals surface area contributed by atoms with E-state index in [0.29, 0.717) is 18.9 Å². The van der Waals surface area contributed by atoms with E-state index >= 15 is 0 Å². The standard InChI is InChI=1S/C13H20N4O3/c1-9-7-14-13(15-9)16-11(18)8-17-6-4-3-5-10(20-2)12(17)19/h7,10H,3-6,8H2,1-2H3,(H2,14,15,16,18). The van der Waals surface area contributed by atoms with Gasteiger partial charge in [0.05, 0.1) is 0 Å². The van der Waals surface area contributed by atoms with Crippen LogP contribution in [0.15, 0.2) is 6.20 Å². The van der Waals surface area contributed by atoms with Crippen LogP contribution >= 0.6 is 0 Å². The largest absolute Gasteiger partial charge is 0.372 e. The molecule has 0 radical (unpaired) electrons. The maximum atomic E-state index is 12.2. The van der Waals surface area contributed by atoms with Gasteiger partial charge in [0, 0.05) is 25.5 Å². The second-order valence-electron chi connectivity index (χ2n) is 4.94. The predicted octanol–water partition coefficient (Wildman–Crippen LogP) is 0.684. The molecule has 2 heterocycles. The molecule has 7 heteroatoms. The van der Waals surface area contributed by atoms with Crippen LogP contribution in [0.25, 0.3) is 0 Å². The molecule has 20 heavy (non-hydrogen) atoms. The highest BCUT2D eigenvalue weighted by Crippen LogP contribution is 2.14. The Labute approximate surface area is 117 Å². The lowest BCUT2D eigenvalue weighted by Crippen LogP contribution is -2.43. The molecule has 0 aliphatic carbocycles. The molecule has 1 aromatic heterocycles. The van der Waals surface area contributed by atoms with Crippen LogP contribution in [0.5, 0.6) is 0 Å². The average Bonchev–Trinajstić information content (AvgIpc) is 2.73. The van der Waals surface area contributed by atoms with Crippen LogP contribution in [-0.2, 0) is 14.3 Å². The van der Waals surface area contributed by atoms with Gasteiger partial charge in [-0.05, 0) is 26.2 Å². The minimum Gasteiger partial charge on any atom is -0.372 e. The maximum absolute atomic E-state index is 12.2. The molecule has 1 unspecified atom stereocenters. The van der Waals surface area contributed by atoms with Gasteiger partial charge < -0.3 is 14.6 Å². The number of rotatable bonds is 4. The van der Waals surface area contributed by atoms with E-state index in [1.807, 2.05) is 6.92 Å². The Kier molecular flexibility index (Phi) is 4.73. The molecular weight excluding hydrogens is 260 g/mol. The number of anilines is 1. The summed E-state index contributed by atoms with van der Waals surface area (Å²) in [6.07, 6.45) is 3.73. The van der Waals surface area contributed by atoms with Crippen molar-refractivity contribution in [3.8, 4) is 0 Å². The SMILES string of the molecule is COC1CCCCN(CC(=O)Nc2ncc(C)[nH]2)C1=O. The fourth-order valence-corrected chi connectivity index (χ4v) is 2.27. The van der Waals surface area contributed by atoms with E-state index in [9.17, 15) is 9.59 Å². The lowest BCUT2D eigenvalue weighted by molar-refractivity contribution is -0.143. The number of aryl methyl sites for hydroxylation is 1. The number of amides is 2. The third kappa shape index (κ3) is 3.57. The van der Waals surface area contributed by atoms with Crippen molar-refractivity contribution in [2.24, 2.45) is 0 Å². The van der Waals surface area contributed by atoms with Crippen molar-refractivity contribution in [3.63, 3.8) is 0 Å². The number of methoxy groups -OCH3 is 1. The van der Waals surface area contributed by atoms with E-state index in [-0.39, 0.29) is 18.4 Å². The highest BCUT2D eigenvalue weighted by Gasteiger charge is 2.28. The minimum atomic E-state index is -0.434. The molecule has 2 N–H and O–H groups in total. The summed E-state index contributed by atoms with van der Waals surface area (Å²) in [6.45, 7) is 2.46. The summed E-state index contributed by atoms with van der Waals surface area (Å²) >= 11 is 0. The summed E-state index contributed by atoms with van der Waals surface area (Å²) in [6, 6.07) is 0. The summed E-state index contributed by atoms with van der Waals surface area (Å²) in [4.78, 5) is 32.6. The van der Waals surface area contributed by atoms with Crippen molar-refractivity contribution in [2.45, 2.75) is 32.3 Å². The molecule has 1 saturated heterocycles. The molecule has 0 saturated carbocycles. The first-order chi connectivity index (χ1) is 9.60. The summed E-state index contributed by atoms with van der Waals surface area (Å²) in [5.41, 5.74) is 0.866. The van der Waals surface area contributed by atoms with Gasteiger partial charge >= 0.3 is 0 Å². The van der Waals surface area contributed by atoms with Crippen LogP contribution in [0, 0.1) is 6.92 Å². The Morgan fingerprint density at radius 1 is 1.60 bits per heavy atom. The molecule has 0 aromatic carbocycles. The highest BCUT2D eigenvalue weighted by atomic mass is 16.5. The van der Waals surface area contributed by atoms with Crippen LogP contribution in [0.4, 0.5) is 5.95 Å². The number of nitrogens with one attached hydrogen (secondary N) is 2. The van der Waals surface area contributed by atoms with Crippen LogP contribution in [-0.4, -0.2) is 53.0 Å². The van der Waals surface area contributed by atoms with Gasteiger partial charge in [-0.25, -0.2) is 4.98 Å². The number of carbonyl (C=O) groups is 2. The van der Waals surface area contributed by atoms with Crippen molar-refractivity contribution in [1.29, 1.82) is 0 Å². The molecular formula is C13H20N4O3. The fraction of sp³-hybridized carbons (Fsp3) is 0.615. The van der Waals surface area contributed by atoms with Crippen molar-refractivity contribution in [3.05, 3.63) is 11.9 Å². The third-order valence-electron chi connectivity index (χ3n) is 3.31. The summed E-state index contributed by atoms with van der Waals surface area (Å²) < 4.78 is 5.18. The minimum absolute atomic E-state index is 0.0262. The predicted molar refractivity (Wildman–Crippen MR) is 73.2 cm³/mol. The Hall–Kier alpha value is -1.89. The first kappa shape index (κ1) is 14.5. The molecule has 0 spiro atoms. The molecule has 1 atom stereocenters. The molecule has 1 aliphatic rings. The molecule has 1 fully saturated rings. The Morgan fingerprint density at radius 2 is 2.40 bits per heavy atom. The Morgan fingerprint density at radius 3 is 3.05 bits per heavy atom. The van der Waals surface area contributed by atoms with Gasteiger partial charge in [0.2, 0.25) is 11.9 Å². The van der Waals surface area contributed by atoms with Gasteiger partial charge in [0.1, 0.15) is 12.6 Å². The molecule has 1 aromatic rings. The van der Waals surface area contributed by atoms with Crippen LogP contribution in [0.2, 0.25) is 0 Å². The van der Waals surface area contributed by atoms with E-state index in [1.165, 1.54) is 7.11 Å². The van der Waals surface area contributed by atoms with Crippen molar-refractivity contribution in [2.75, 3.05) is 25.5 Å². The van der Waals surface area contributed by atoms with E-state index in [4.69, 9.17) is 4.74 Å².